The summed E-state index contributed by atoms with van der Waals surface area (Å²) in [5.41, 5.74) is 0.435. The van der Waals surface area contributed by atoms with E-state index >= 15 is 0 Å². The molecule has 1 aliphatic rings. The third kappa shape index (κ3) is 3.65. The molecule has 0 amide bonds. The van der Waals surface area contributed by atoms with Gasteiger partial charge in [-0.3, -0.25) is 4.90 Å². The lowest BCUT2D eigenvalue weighted by atomic mass is 9.94. The summed E-state index contributed by atoms with van der Waals surface area (Å²) >= 11 is 0. The molecule has 0 unspecified atom stereocenters. The first kappa shape index (κ1) is 11.0. The number of nitrogens with one attached hydrogen (secondary N) is 1. The van der Waals surface area contributed by atoms with Crippen LogP contribution in [-0.4, -0.2) is 37.1 Å². The SMILES string of the molecule is CCCN(CC(C)(C)C)C1CNC1. The Kier molecular flexibility index (Phi) is 3.74. The second-order valence-electron chi connectivity index (χ2n) is 5.34. The molecule has 0 spiro atoms. The van der Waals surface area contributed by atoms with E-state index in [1.165, 1.54) is 32.6 Å². The molecule has 0 radical (unpaired) electrons. The minimum absolute atomic E-state index is 0.435. The molecule has 0 aromatic heterocycles. The quantitative estimate of drug-likeness (QED) is 0.715. The average Bonchev–Trinajstić information content (AvgIpc) is 1.79. The molecule has 1 saturated heterocycles. The van der Waals surface area contributed by atoms with Gasteiger partial charge in [0.05, 0.1) is 0 Å². The largest absolute Gasteiger partial charge is 0.314 e. The van der Waals surface area contributed by atoms with E-state index in [2.05, 4.69) is 37.9 Å². The highest BCUT2D eigenvalue weighted by atomic mass is 15.2. The van der Waals surface area contributed by atoms with Gasteiger partial charge in [-0.25, -0.2) is 0 Å². The molecule has 0 atom stereocenters. The smallest absolute Gasteiger partial charge is 0.0345 e. The van der Waals surface area contributed by atoms with E-state index in [9.17, 15) is 0 Å². The number of rotatable bonds is 4. The summed E-state index contributed by atoms with van der Waals surface area (Å²) in [6.45, 7) is 14.1. The lowest BCUT2D eigenvalue weighted by Gasteiger charge is -2.41. The maximum Gasteiger partial charge on any atom is 0.0345 e. The Labute approximate surface area is 82.7 Å². The molecule has 2 nitrogen and oxygen atoms in total. The van der Waals surface area contributed by atoms with Crippen molar-refractivity contribution in [1.29, 1.82) is 0 Å². The van der Waals surface area contributed by atoms with Gasteiger partial charge in [0, 0.05) is 25.7 Å². The van der Waals surface area contributed by atoms with Gasteiger partial charge >= 0.3 is 0 Å². The van der Waals surface area contributed by atoms with Crippen molar-refractivity contribution in [1.82, 2.24) is 10.2 Å². The minimum Gasteiger partial charge on any atom is -0.314 e. The number of hydrogen-bond donors (Lipinski definition) is 1. The van der Waals surface area contributed by atoms with E-state index in [-0.39, 0.29) is 0 Å². The normalized spacial score (nSPS) is 19.2. The van der Waals surface area contributed by atoms with Crippen LogP contribution in [-0.2, 0) is 0 Å². The van der Waals surface area contributed by atoms with Gasteiger partial charge in [0.1, 0.15) is 0 Å². The highest BCUT2D eigenvalue weighted by Gasteiger charge is 2.26. The lowest BCUT2D eigenvalue weighted by molar-refractivity contribution is 0.103. The summed E-state index contributed by atoms with van der Waals surface area (Å²) in [6.07, 6.45) is 1.27. The van der Waals surface area contributed by atoms with E-state index in [4.69, 9.17) is 0 Å². The standard InChI is InChI=1S/C11H24N2/c1-5-6-13(9-11(2,3)4)10-7-12-8-10/h10,12H,5-9H2,1-4H3. The molecule has 1 rings (SSSR count). The van der Waals surface area contributed by atoms with Crippen molar-refractivity contribution < 1.29 is 0 Å². The van der Waals surface area contributed by atoms with E-state index in [1.807, 2.05) is 0 Å². The van der Waals surface area contributed by atoms with Gasteiger partial charge in [-0.2, -0.15) is 0 Å². The summed E-state index contributed by atoms with van der Waals surface area (Å²) in [5.74, 6) is 0. The Morgan fingerprint density at radius 1 is 1.31 bits per heavy atom. The molecule has 13 heavy (non-hydrogen) atoms. The van der Waals surface area contributed by atoms with Crippen LogP contribution in [0.5, 0.6) is 0 Å². The van der Waals surface area contributed by atoms with Gasteiger partial charge in [0.25, 0.3) is 0 Å². The molecule has 78 valence electrons. The fraction of sp³-hybridized carbons (Fsp3) is 1.00. The fourth-order valence-corrected chi connectivity index (χ4v) is 1.82. The van der Waals surface area contributed by atoms with Gasteiger partial charge in [-0.05, 0) is 18.4 Å². The predicted octanol–water partition coefficient (Wildman–Crippen LogP) is 1.72. The maximum absolute atomic E-state index is 3.34. The van der Waals surface area contributed by atoms with Crippen molar-refractivity contribution in [3.05, 3.63) is 0 Å². The van der Waals surface area contributed by atoms with E-state index < -0.39 is 0 Å². The zero-order valence-electron chi connectivity index (χ0n) is 9.56. The van der Waals surface area contributed by atoms with Crippen molar-refractivity contribution in [2.45, 2.75) is 40.2 Å². The van der Waals surface area contributed by atoms with E-state index in [0.717, 1.165) is 6.04 Å². The first-order valence-electron chi connectivity index (χ1n) is 5.47. The summed E-state index contributed by atoms with van der Waals surface area (Å²) in [7, 11) is 0. The van der Waals surface area contributed by atoms with Crippen LogP contribution in [0.3, 0.4) is 0 Å². The molecule has 0 bridgehead atoms. The van der Waals surface area contributed by atoms with Crippen molar-refractivity contribution >= 4 is 0 Å². The summed E-state index contributed by atoms with van der Waals surface area (Å²) in [6, 6.07) is 0.805. The van der Waals surface area contributed by atoms with Crippen LogP contribution in [0.1, 0.15) is 34.1 Å². The molecular weight excluding hydrogens is 160 g/mol. The summed E-state index contributed by atoms with van der Waals surface area (Å²) < 4.78 is 0. The fourth-order valence-electron chi connectivity index (χ4n) is 1.82. The lowest BCUT2D eigenvalue weighted by Crippen LogP contribution is -2.58. The molecule has 1 fully saturated rings. The third-order valence-corrected chi connectivity index (χ3v) is 2.46. The summed E-state index contributed by atoms with van der Waals surface area (Å²) in [4.78, 5) is 2.64. The highest BCUT2D eigenvalue weighted by molar-refractivity contribution is 4.86. The van der Waals surface area contributed by atoms with Crippen LogP contribution in [0.25, 0.3) is 0 Å². The van der Waals surface area contributed by atoms with Crippen molar-refractivity contribution in [3.63, 3.8) is 0 Å². The molecule has 0 saturated carbocycles. The average molecular weight is 184 g/mol. The molecule has 1 heterocycles. The molecule has 1 N–H and O–H groups in total. The number of hydrogen-bond acceptors (Lipinski definition) is 2. The van der Waals surface area contributed by atoms with E-state index in [1.54, 1.807) is 0 Å². The second-order valence-corrected chi connectivity index (χ2v) is 5.34. The zero-order valence-corrected chi connectivity index (χ0v) is 9.56. The highest BCUT2D eigenvalue weighted by Crippen LogP contribution is 2.18. The molecule has 0 aliphatic carbocycles. The second kappa shape index (κ2) is 4.43. The van der Waals surface area contributed by atoms with Crippen LogP contribution in [0, 0.1) is 5.41 Å². The first-order chi connectivity index (χ1) is 6.03. The van der Waals surface area contributed by atoms with Gasteiger partial charge in [0.2, 0.25) is 0 Å². The van der Waals surface area contributed by atoms with Crippen LogP contribution < -0.4 is 5.32 Å². The summed E-state index contributed by atoms with van der Waals surface area (Å²) in [5, 5.41) is 3.34. The van der Waals surface area contributed by atoms with Crippen molar-refractivity contribution in [2.24, 2.45) is 5.41 Å². The Morgan fingerprint density at radius 2 is 1.92 bits per heavy atom. The topological polar surface area (TPSA) is 15.3 Å². The number of nitrogens with zero attached hydrogens (tertiary/aromatic N) is 1. The van der Waals surface area contributed by atoms with Crippen molar-refractivity contribution in [2.75, 3.05) is 26.2 Å². The van der Waals surface area contributed by atoms with Crippen LogP contribution >= 0.6 is 0 Å². The van der Waals surface area contributed by atoms with Crippen LogP contribution in [0.2, 0.25) is 0 Å². The van der Waals surface area contributed by atoms with Crippen molar-refractivity contribution in [3.8, 4) is 0 Å². The minimum atomic E-state index is 0.435. The Bertz CT molecular complexity index is 145. The Hall–Kier alpha value is -0.0800. The van der Waals surface area contributed by atoms with E-state index in [0.29, 0.717) is 5.41 Å². The third-order valence-electron chi connectivity index (χ3n) is 2.46. The molecule has 0 aromatic rings. The Balaban J connectivity index is 2.37. The van der Waals surface area contributed by atoms with Crippen LogP contribution in [0.15, 0.2) is 0 Å². The molecule has 0 aromatic carbocycles. The molecular formula is C11H24N2. The van der Waals surface area contributed by atoms with Crippen LogP contribution in [0.4, 0.5) is 0 Å². The predicted molar refractivity (Wildman–Crippen MR) is 58.0 cm³/mol. The molecule has 2 heteroatoms. The van der Waals surface area contributed by atoms with Gasteiger partial charge < -0.3 is 5.32 Å². The Morgan fingerprint density at radius 3 is 2.23 bits per heavy atom. The zero-order chi connectivity index (χ0) is 9.90. The van der Waals surface area contributed by atoms with Gasteiger partial charge in [-0.1, -0.05) is 27.7 Å². The monoisotopic (exact) mass is 184 g/mol. The van der Waals surface area contributed by atoms with Gasteiger partial charge in [-0.15, -0.1) is 0 Å². The van der Waals surface area contributed by atoms with Gasteiger partial charge in [0.15, 0.2) is 0 Å². The first-order valence-corrected chi connectivity index (χ1v) is 5.47. The maximum atomic E-state index is 3.34. The molecule has 1 aliphatic heterocycles.